The summed E-state index contributed by atoms with van der Waals surface area (Å²) in [5, 5.41) is 3.86. The van der Waals surface area contributed by atoms with E-state index in [2.05, 4.69) is 10.3 Å². The van der Waals surface area contributed by atoms with E-state index in [1.54, 1.807) is 24.5 Å². The molecule has 0 atom stereocenters. The first-order valence-corrected chi connectivity index (χ1v) is 8.72. The predicted octanol–water partition coefficient (Wildman–Crippen LogP) is 3.88. The van der Waals surface area contributed by atoms with Gasteiger partial charge in [-0.2, -0.15) is 0 Å². The lowest BCUT2D eigenvalue weighted by Crippen LogP contribution is -2.24. The highest BCUT2D eigenvalue weighted by atomic mass is 32.1. The second kappa shape index (κ2) is 7.05. The standard InChI is InChI=1S/C18H20N2O3S/c1-11-14-7-6-13(22-3)9-15(14)23-17(11)18(21)19-8-4-5-16-12(2)20-10-24-16/h6-7,9-10H,4-5,8H2,1-3H3,(H,19,21). The molecule has 0 saturated heterocycles. The fourth-order valence-corrected chi connectivity index (χ4v) is 3.47. The molecule has 0 aliphatic rings. The van der Waals surface area contributed by atoms with Crippen molar-refractivity contribution in [1.82, 2.24) is 10.3 Å². The van der Waals surface area contributed by atoms with Crippen LogP contribution in [0.1, 0.15) is 33.1 Å². The van der Waals surface area contributed by atoms with Gasteiger partial charge in [0.05, 0.1) is 18.3 Å². The average Bonchev–Trinajstić information content (AvgIpc) is 3.14. The Bertz CT molecular complexity index is 866. The van der Waals surface area contributed by atoms with Crippen molar-refractivity contribution in [3.8, 4) is 5.75 Å². The number of methoxy groups -OCH3 is 1. The molecule has 1 N–H and O–H groups in total. The number of carbonyl (C=O) groups excluding carboxylic acids is 1. The van der Waals surface area contributed by atoms with Crippen LogP contribution < -0.4 is 10.1 Å². The Morgan fingerprint density at radius 3 is 2.92 bits per heavy atom. The van der Waals surface area contributed by atoms with Crippen LogP contribution in [0.2, 0.25) is 0 Å². The Labute approximate surface area is 144 Å². The lowest BCUT2D eigenvalue weighted by atomic mass is 10.1. The first kappa shape index (κ1) is 16.5. The third-order valence-corrected chi connectivity index (χ3v) is 5.06. The van der Waals surface area contributed by atoms with Crippen LogP contribution in [0.3, 0.4) is 0 Å². The third-order valence-electron chi connectivity index (χ3n) is 4.06. The van der Waals surface area contributed by atoms with Crippen molar-refractivity contribution in [3.05, 3.63) is 45.6 Å². The monoisotopic (exact) mass is 344 g/mol. The molecule has 3 rings (SSSR count). The number of thiazole rings is 1. The zero-order chi connectivity index (χ0) is 17.1. The van der Waals surface area contributed by atoms with Gasteiger partial charge < -0.3 is 14.5 Å². The van der Waals surface area contributed by atoms with Crippen molar-refractivity contribution in [3.63, 3.8) is 0 Å². The van der Waals surface area contributed by atoms with Crippen molar-refractivity contribution in [2.45, 2.75) is 26.7 Å². The average molecular weight is 344 g/mol. The largest absolute Gasteiger partial charge is 0.497 e. The quantitative estimate of drug-likeness (QED) is 0.689. The van der Waals surface area contributed by atoms with Gasteiger partial charge in [0.2, 0.25) is 0 Å². The van der Waals surface area contributed by atoms with Gasteiger partial charge in [0.1, 0.15) is 11.3 Å². The summed E-state index contributed by atoms with van der Waals surface area (Å²) in [5.41, 5.74) is 4.45. The van der Waals surface area contributed by atoms with E-state index in [4.69, 9.17) is 9.15 Å². The van der Waals surface area contributed by atoms with E-state index < -0.39 is 0 Å². The number of aryl methyl sites for hydroxylation is 3. The van der Waals surface area contributed by atoms with Crippen molar-refractivity contribution in [1.29, 1.82) is 0 Å². The minimum atomic E-state index is -0.177. The maximum atomic E-state index is 12.4. The number of aromatic nitrogens is 1. The molecule has 0 saturated carbocycles. The van der Waals surface area contributed by atoms with E-state index in [-0.39, 0.29) is 5.91 Å². The van der Waals surface area contributed by atoms with Crippen molar-refractivity contribution < 1.29 is 13.9 Å². The Kier molecular flexibility index (Phi) is 4.85. The van der Waals surface area contributed by atoms with Crippen LogP contribution in [-0.2, 0) is 6.42 Å². The van der Waals surface area contributed by atoms with Crippen LogP contribution in [0.5, 0.6) is 5.75 Å². The Morgan fingerprint density at radius 1 is 1.38 bits per heavy atom. The van der Waals surface area contributed by atoms with Crippen LogP contribution in [0.15, 0.2) is 28.1 Å². The van der Waals surface area contributed by atoms with Crippen molar-refractivity contribution in [2.75, 3.05) is 13.7 Å². The number of hydrogen-bond acceptors (Lipinski definition) is 5. The van der Waals surface area contributed by atoms with E-state index in [0.717, 1.165) is 29.5 Å². The number of fused-ring (bicyclic) bond motifs is 1. The Morgan fingerprint density at radius 2 is 2.21 bits per heavy atom. The molecule has 6 heteroatoms. The van der Waals surface area contributed by atoms with Crippen LogP contribution in [-0.4, -0.2) is 24.5 Å². The topological polar surface area (TPSA) is 64.4 Å². The first-order valence-electron chi connectivity index (χ1n) is 7.84. The normalized spacial score (nSPS) is 11.0. The highest BCUT2D eigenvalue weighted by Gasteiger charge is 2.17. The van der Waals surface area contributed by atoms with E-state index in [1.165, 1.54) is 4.88 Å². The number of amides is 1. The van der Waals surface area contributed by atoms with Gasteiger partial charge in [-0.3, -0.25) is 4.79 Å². The van der Waals surface area contributed by atoms with Gasteiger partial charge in [0, 0.05) is 28.4 Å². The minimum Gasteiger partial charge on any atom is -0.497 e. The molecule has 126 valence electrons. The van der Waals surface area contributed by atoms with Gasteiger partial charge in [-0.15, -0.1) is 11.3 Å². The van der Waals surface area contributed by atoms with Crippen LogP contribution in [0.4, 0.5) is 0 Å². The van der Waals surface area contributed by atoms with E-state index >= 15 is 0 Å². The first-order chi connectivity index (χ1) is 11.6. The van der Waals surface area contributed by atoms with Crippen molar-refractivity contribution >= 4 is 28.2 Å². The van der Waals surface area contributed by atoms with Crippen LogP contribution >= 0.6 is 11.3 Å². The van der Waals surface area contributed by atoms with E-state index in [9.17, 15) is 4.79 Å². The molecule has 0 aliphatic carbocycles. The molecule has 2 heterocycles. The second-order valence-electron chi connectivity index (χ2n) is 5.64. The van der Waals surface area contributed by atoms with Gasteiger partial charge in [0.25, 0.3) is 5.91 Å². The second-order valence-corrected chi connectivity index (χ2v) is 6.58. The number of nitrogens with zero attached hydrogens (tertiary/aromatic N) is 1. The Balaban J connectivity index is 1.63. The van der Waals surface area contributed by atoms with Gasteiger partial charge in [-0.25, -0.2) is 4.98 Å². The van der Waals surface area contributed by atoms with E-state index in [0.29, 0.717) is 23.6 Å². The number of carbonyl (C=O) groups is 1. The van der Waals surface area contributed by atoms with Crippen molar-refractivity contribution in [2.24, 2.45) is 0 Å². The summed E-state index contributed by atoms with van der Waals surface area (Å²) in [6.07, 6.45) is 1.80. The zero-order valence-electron chi connectivity index (χ0n) is 14.0. The molecular weight excluding hydrogens is 324 g/mol. The summed E-state index contributed by atoms with van der Waals surface area (Å²) in [7, 11) is 1.61. The molecule has 5 nitrogen and oxygen atoms in total. The maximum Gasteiger partial charge on any atom is 0.287 e. The third kappa shape index (κ3) is 3.28. The molecule has 0 unspecified atom stereocenters. The summed E-state index contributed by atoms with van der Waals surface area (Å²) in [6, 6.07) is 5.58. The number of hydrogen-bond donors (Lipinski definition) is 1. The molecule has 24 heavy (non-hydrogen) atoms. The zero-order valence-corrected chi connectivity index (χ0v) is 14.8. The van der Waals surface area contributed by atoms with Gasteiger partial charge in [-0.1, -0.05) is 0 Å². The lowest BCUT2D eigenvalue weighted by Gasteiger charge is -2.03. The molecule has 1 aromatic carbocycles. The highest BCUT2D eigenvalue weighted by Crippen LogP contribution is 2.28. The molecule has 0 radical (unpaired) electrons. The molecule has 3 aromatic rings. The molecule has 1 amide bonds. The summed E-state index contributed by atoms with van der Waals surface area (Å²) < 4.78 is 10.9. The summed E-state index contributed by atoms with van der Waals surface area (Å²) >= 11 is 1.66. The number of benzene rings is 1. The van der Waals surface area contributed by atoms with E-state index in [1.807, 2.05) is 31.5 Å². The number of rotatable bonds is 6. The summed E-state index contributed by atoms with van der Waals surface area (Å²) in [4.78, 5) is 17.9. The fraction of sp³-hybridized carbons (Fsp3) is 0.333. The molecular formula is C18H20N2O3S. The number of furan rings is 1. The number of nitrogens with one attached hydrogen (secondary N) is 1. The van der Waals surface area contributed by atoms with Crippen LogP contribution in [0, 0.1) is 13.8 Å². The Hall–Kier alpha value is -2.34. The number of ether oxygens (including phenoxy) is 1. The van der Waals surface area contributed by atoms with Crippen LogP contribution in [0.25, 0.3) is 11.0 Å². The molecule has 0 fully saturated rings. The van der Waals surface area contributed by atoms with Gasteiger partial charge in [-0.05, 0) is 38.8 Å². The molecule has 0 bridgehead atoms. The molecule has 0 spiro atoms. The maximum absolute atomic E-state index is 12.4. The fourth-order valence-electron chi connectivity index (χ4n) is 2.65. The predicted molar refractivity (Wildman–Crippen MR) is 95.0 cm³/mol. The smallest absolute Gasteiger partial charge is 0.287 e. The summed E-state index contributed by atoms with van der Waals surface area (Å²) in [5.74, 6) is 0.902. The highest BCUT2D eigenvalue weighted by molar-refractivity contribution is 7.09. The summed E-state index contributed by atoms with van der Waals surface area (Å²) in [6.45, 7) is 4.51. The molecule has 0 aliphatic heterocycles. The lowest BCUT2D eigenvalue weighted by molar-refractivity contribution is 0.0927. The van der Waals surface area contributed by atoms with Gasteiger partial charge >= 0.3 is 0 Å². The minimum absolute atomic E-state index is 0.177. The SMILES string of the molecule is COc1ccc2c(C)c(C(=O)NCCCc3scnc3C)oc2c1. The molecule has 2 aromatic heterocycles. The van der Waals surface area contributed by atoms with Gasteiger partial charge in [0.15, 0.2) is 5.76 Å².